The lowest BCUT2D eigenvalue weighted by Gasteiger charge is -2.40. The molecule has 0 bridgehead atoms. The van der Waals surface area contributed by atoms with Crippen LogP contribution in [0.5, 0.6) is 0 Å². The summed E-state index contributed by atoms with van der Waals surface area (Å²) < 4.78 is 21.3. The molecule has 0 atom stereocenters. The smallest absolute Gasteiger partial charge is 0.338 e. The summed E-state index contributed by atoms with van der Waals surface area (Å²) in [6, 6.07) is 6.38. The molecule has 0 spiro atoms. The Labute approximate surface area is 181 Å². The second-order valence-electron chi connectivity index (χ2n) is 7.42. The van der Waals surface area contributed by atoms with Crippen LogP contribution in [-0.2, 0) is 18.9 Å². The maximum atomic E-state index is 12.2. The first kappa shape index (κ1) is 26.1. The predicted molar refractivity (Wildman–Crippen MR) is 117 cm³/mol. The number of carbonyl (C=O) groups excluding carboxylic acids is 2. The van der Waals surface area contributed by atoms with Crippen molar-refractivity contribution < 1.29 is 28.5 Å². The Morgan fingerprint density at radius 3 is 1.23 bits per heavy atom. The third-order valence-corrected chi connectivity index (χ3v) is 5.51. The third-order valence-electron chi connectivity index (χ3n) is 5.51. The summed E-state index contributed by atoms with van der Waals surface area (Å²) in [5.41, 5.74) is 0.760. The van der Waals surface area contributed by atoms with Crippen molar-refractivity contribution in [1.29, 1.82) is 0 Å². The molecule has 2 fully saturated rings. The number of benzene rings is 1. The van der Waals surface area contributed by atoms with E-state index in [-0.39, 0.29) is 22.8 Å². The molecule has 0 amide bonds. The van der Waals surface area contributed by atoms with Crippen LogP contribution in [0.4, 0.5) is 0 Å². The highest BCUT2D eigenvalue weighted by Gasteiger charge is 2.39. The number of hydrogen-bond donors (Lipinski definition) is 0. The Morgan fingerprint density at radius 1 is 0.733 bits per heavy atom. The Bertz CT molecular complexity index is 576. The molecule has 2 aliphatic rings. The van der Waals surface area contributed by atoms with Crippen LogP contribution in [0.25, 0.3) is 0 Å². The molecule has 1 aromatic carbocycles. The molecule has 3 rings (SSSR count). The molecule has 6 nitrogen and oxygen atoms in total. The quantitative estimate of drug-likeness (QED) is 0.555. The molecular weight excluding hydrogens is 384 g/mol. The van der Waals surface area contributed by atoms with Gasteiger partial charge < -0.3 is 18.9 Å². The Balaban J connectivity index is 0.00000106. The fourth-order valence-corrected chi connectivity index (χ4v) is 2.91. The van der Waals surface area contributed by atoms with Gasteiger partial charge in [0.1, 0.15) is 13.2 Å². The minimum Gasteiger partial charge on any atom is -0.461 e. The van der Waals surface area contributed by atoms with Crippen molar-refractivity contribution >= 4 is 11.9 Å². The lowest BCUT2D eigenvalue weighted by Crippen LogP contribution is -2.46. The lowest BCUT2D eigenvalue weighted by atomic mass is 9.84. The fourth-order valence-electron chi connectivity index (χ4n) is 2.91. The van der Waals surface area contributed by atoms with Gasteiger partial charge in [-0.05, 0) is 37.1 Å². The first-order valence-electron chi connectivity index (χ1n) is 11.1. The maximum absolute atomic E-state index is 12.2. The van der Waals surface area contributed by atoms with Gasteiger partial charge in [-0.2, -0.15) is 0 Å². The van der Waals surface area contributed by atoms with E-state index in [1.807, 2.05) is 27.7 Å². The standard InChI is InChI=1S/C20H26O6.2C2H6/c1-3-19(9-23-10-19)13-25-17(21)15-5-7-16(8-6-15)18(22)26-14-20(4-2)11-24-12-20;2*1-2/h5-8H,3-4,9-14H2,1-2H3;2*1-2H3. The number of esters is 2. The number of carbonyl (C=O) groups is 2. The average Bonchev–Trinajstić information content (AvgIpc) is 2.75. The molecule has 0 aromatic heterocycles. The molecular formula is C24H38O6. The molecule has 2 heterocycles. The second-order valence-corrected chi connectivity index (χ2v) is 7.42. The largest absolute Gasteiger partial charge is 0.461 e. The van der Waals surface area contributed by atoms with E-state index < -0.39 is 0 Å². The highest BCUT2D eigenvalue weighted by molar-refractivity contribution is 5.93. The van der Waals surface area contributed by atoms with Gasteiger partial charge in [-0.25, -0.2) is 9.59 Å². The minimum atomic E-state index is -0.388. The first-order valence-corrected chi connectivity index (χ1v) is 11.1. The van der Waals surface area contributed by atoms with Crippen molar-refractivity contribution in [3.8, 4) is 0 Å². The lowest BCUT2D eigenvalue weighted by molar-refractivity contribution is -0.140. The van der Waals surface area contributed by atoms with Crippen LogP contribution < -0.4 is 0 Å². The van der Waals surface area contributed by atoms with Crippen LogP contribution in [0.2, 0.25) is 0 Å². The van der Waals surface area contributed by atoms with Gasteiger partial charge in [0, 0.05) is 0 Å². The summed E-state index contributed by atoms with van der Waals surface area (Å²) >= 11 is 0. The molecule has 0 radical (unpaired) electrons. The van der Waals surface area contributed by atoms with Gasteiger partial charge in [0.15, 0.2) is 0 Å². The highest BCUT2D eigenvalue weighted by Crippen LogP contribution is 2.32. The molecule has 170 valence electrons. The molecule has 2 aliphatic heterocycles. The zero-order chi connectivity index (χ0) is 22.6. The van der Waals surface area contributed by atoms with E-state index in [0.29, 0.717) is 50.8 Å². The zero-order valence-electron chi connectivity index (χ0n) is 19.4. The number of rotatable bonds is 8. The monoisotopic (exact) mass is 422 g/mol. The van der Waals surface area contributed by atoms with Gasteiger partial charge in [0.2, 0.25) is 0 Å². The molecule has 1 aromatic rings. The summed E-state index contributed by atoms with van der Waals surface area (Å²) in [5, 5.41) is 0. The van der Waals surface area contributed by atoms with E-state index in [2.05, 4.69) is 13.8 Å². The van der Waals surface area contributed by atoms with E-state index >= 15 is 0 Å². The van der Waals surface area contributed by atoms with Crippen molar-refractivity contribution in [3.05, 3.63) is 35.4 Å². The van der Waals surface area contributed by atoms with Crippen LogP contribution in [0.15, 0.2) is 24.3 Å². The van der Waals surface area contributed by atoms with E-state index in [1.54, 1.807) is 24.3 Å². The van der Waals surface area contributed by atoms with Crippen molar-refractivity contribution in [1.82, 2.24) is 0 Å². The summed E-state index contributed by atoms with van der Waals surface area (Å²) in [4.78, 5) is 24.4. The van der Waals surface area contributed by atoms with E-state index in [1.165, 1.54) is 0 Å². The summed E-state index contributed by atoms with van der Waals surface area (Å²) in [7, 11) is 0. The highest BCUT2D eigenvalue weighted by atomic mass is 16.6. The van der Waals surface area contributed by atoms with Crippen LogP contribution >= 0.6 is 0 Å². The Morgan fingerprint density at radius 2 is 1.03 bits per heavy atom. The Hall–Kier alpha value is -1.92. The van der Waals surface area contributed by atoms with E-state index in [4.69, 9.17) is 18.9 Å². The second kappa shape index (κ2) is 12.7. The molecule has 0 saturated carbocycles. The molecule has 0 aliphatic carbocycles. The molecule has 0 unspecified atom stereocenters. The van der Waals surface area contributed by atoms with Crippen molar-refractivity contribution in [3.63, 3.8) is 0 Å². The summed E-state index contributed by atoms with van der Waals surface area (Å²) in [6.07, 6.45) is 1.82. The van der Waals surface area contributed by atoms with Crippen LogP contribution in [0.3, 0.4) is 0 Å². The van der Waals surface area contributed by atoms with Crippen molar-refractivity contribution in [2.24, 2.45) is 10.8 Å². The van der Waals surface area contributed by atoms with Gasteiger partial charge in [0.25, 0.3) is 0 Å². The zero-order valence-corrected chi connectivity index (χ0v) is 19.4. The van der Waals surface area contributed by atoms with Gasteiger partial charge in [-0.1, -0.05) is 41.5 Å². The molecule has 30 heavy (non-hydrogen) atoms. The molecule has 6 heteroatoms. The van der Waals surface area contributed by atoms with Crippen LogP contribution in [-0.4, -0.2) is 51.6 Å². The van der Waals surface area contributed by atoms with Crippen LogP contribution in [0, 0.1) is 10.8 Å². The average molecular weight is 423 g/mol. The topological polar surface area (TPSA) is 71.1 Å². The predicted octanol–water partition coefficient (Wildman–Crippen LogP) is 4.91. The number of ether oxygens (including phenoxy) is 4. The Kier molecular flexibility index (Phi) is 11.1. The van der Waals surface area contributed by atoms with Gasteiger partial charge in [-0.3, -0.25) is 0 Å². The van der Waals surface area contributed by atoms with Crippen molar-refractivity contribution in [2.45, 2.75) is 54.4 Å². The maximum Gasteiger partial charge on any atom is 0.338 e. The molecule has 0 N–H and O–H groups in total. The van der Waals surface area contributed by atoms with Crippen molar-refractivity contribution in [2.75, 3.05) is 39.6 Å². The SMILES string of the molecule is CC.CC.CCC1(COC(=O)c2ccc(C(=O)OCC3(CC)COC3)cc2)COC1. The van der Waals surface area contributed by atoms with E-state index in [0.717, 1.165) is 12.8 Å². The number of hydrogen-bond acceptors (Lipinski definition) is 6. The third kappa shape index (κ3) is 6.54. The molecule has 2 saturated heterocycles. The van der Waals surface area contributed by atoms with Gasteiger partial charge in [0.05, 0.1) is 48.4 Å². The fraction of sp³-hybridized carbons (Fsp3) is 0.667. The minimum absolute atomic E-state index is 0.0418. The normalized spacial score (nSPS) is 17.5. The summed E-state index contributed by atoms with van der Waals surface area (Å²) in [5.74, 6) is -0.776. The first-order chi connectivity index (χ1) is 14.5. The van der Waals surface area contributed by atoms with Gasteiger partial charge >= 0.3 is 11.9 Å². The van der Waals surface area contributed by atoms with Gasteiger partial charge in [-0.15, -0.1) is 0 Å². The van der Waals surface area contributed by atoms with Crippen LogP contribution in [0.1, 0.15) is 75.1 Å². The van der Waals surface area contributed by atoms with E-state index in [9.17, 15) is 9.59 Å². The summed E-state index contributed by atoms with van der Waals surface area (Å²) in [6.45, 7) is 15.4.